The van der Waals surface area contributed by atoms with Crippen molar-refractivity contribution in [3.05, 3.63) is 41.9 Å². The topological polar surface area (TPSA) is 342 Å². The smallest absolute Gasteiger partial charge is 0.310 e. The number of imidazole rings is 2. The van der Waals surface area contributed by atoms with Gasteiger partial charge in [0.05, 0.1) is 61.7 Å². The second kappa shape index (κ2) is 20.2. The fraction of sp³-hybridized carbons (Fsp3) is 0.825. The molecule has 20 nitrogen and oxygen atoms in total. The van der Waals surface area contributed by atoms with Gasteiger partial charge in [0, 0.05) is 42.4 Å². The van der Waals surface area contributed by atoms with Gasteiger partial charge in [-0.2, -0.15) is 0 Å². The number of fused-ring (bicyclic) bond motifs is 11. The molecule has 1 amide bonds. The van der Waals surface area contributed by atoms with E-state index >= 15 is 0 Å². The molecule has 11 rings (SSSR count). The Kier molecular flexibility index (Phi) is 14.5. The number of aromatic nitrogens is 4. The summed E-state index contributed by atoms with van der Waals surface area (Å²) >= 11 is 0. The number of amides is 1. The van der Waals surface area contributed by atoms with Crippen LogP contribution in [0, 0.1) is 85.8 Å². The van der Waals surface area contributed by atoms with Crippen molar-refractivity contribution in [3.8, 4) is 0 Å². The van der Waals surface area contributed by atoms with Crippen LogP contribution in [0.3, 0.4) is 0 Å². The zero-order valence-corrected chi connectivity index (χ0v) is 45.3. The van der Waals surface area contributed by atoms with Crippen LogP contribution in [0.4, 0.5) is 5.82 Å². The van der Waals surface area contributed by atoms with Crippen molar-refractivity contribution in [1.29, 1.82) is 0 Å². The highest BCUT2D eigenvalue weighted by atomic mass is 16.7. The first-order valence-corrected chi connectivity index (χ1v) is 28.9. The number of nitrogens with zero attached hydrogens (tertiary/aromatic N) is 2. The molecule has 77 heavy (non-hydrogen) atoms. The summed E-state index contributed by atoms with van der Waals surface area (Å²) in [5.41, 5.74) is 3.90. The van der Waals surface area contributed by atoms with Gasteiger partial charge in [0.2, 0.25) is 5.91 Å². The molecule has 2 aromatic heterocycles. The molecular weight excluding hydrogens is 991 g/mol. The summed E-state index contributed by atoms with van der Waals surface area (Å²) in [5, 5.41) is 111. The first-order valence-electron chi connectivity index (χ1n) is 28.9. The number of rotatable bonds is 14. The number of hydrogen-bond acceptors (Lipinski definition) is 16. The Bertz CT molecular complexity index is 2510. The predicted octanol–water partition coefficient (Wildman–Crippen LogP) is 2.53. The third-order valence-electron chi connectivity index (χ3n) is 23.8. The summed E-state index contributed by atoms with van der Waals surface area (Å²) in [6, 6.07) is -0.612. The van der Waals surface area contributed by atoms with Crippen LogP contribution in [0.2, 0.25) is 0 Å². The standard InChI is InChI=1S/C57H87N7O13/c1-52(24-66)15-16-56(51(74)75)35(19-52)32-10-11-41-54(3,55(32,4)33-18-37-48(63-27-62-37)60-20-36(33)56)14-13-40-53(2,25-67)47(77-50-46(72)45(71)39(68)23-76-50)44(70)34(57(40,41)28-7-5-6-8-28)17-30-31(22-65)49(73)64-43(30)29(9-12-42(58)69)38-21-59-26-61-38/h10,21,26-31,33-36,39-47,50,60,65-72H,5-9,11-20,22-25,58H2,1-4H3,(H,59,61)(H,62,63)(H,64,73)(H,74,75)/t29-,30+,31-,33+,34+,35+,36+,39-,40-,41+,42+,43-,44-,45+,46-,47-,50+,52+,53+,54-,55+,56-,57+/m1/s1. The molecule has 3 aliphatic heterocycles. The van der Waals surface area contributed by atoms with Gasteiger partial charge in [-0.05, 0) is 146 Å². The maximum absolute atomic E-state index is 14.5. The molecule has 0 radical (unpaired) electrons. The number of aromatic amines is 2. The van der Waals surface area contributed by atoms with Crippen LogP contribution in [-0.4, -0.2) is 160 Å². The van der Waals surface area contributed by atoms with E-state index in [1.165, 1.54) is 0 Å². The molecule has 0 aromatic carbocycles. The van der Waals surface area contributed by atoms with E-state index in [0.717, 1.165) is 48.5 Å². The van der Waals surface area contributed by atoms with Crippen LogP contribution in [0.5, 0.6) is 0 Å². The normalized spacial score (nSPS) is 47.4. The predicted molar refractivity (Wildman–Crippen MR) is 279 cm³/mol. The Hall–Kier alpha value is -3.54. The largest absolute Gasteiger partial charge is 0.481 e. The van der Waals surface area contributed by atoms with E-state index in [9.17, 15) is 55.5 Å². The number of anilines is 1. The fourth-order valence-corrected chi connectivity index (χ4v) is 20.0. The number of hydrogen-bond donors (Lipinski definition) is 14. The Morgan fingerprint density at radius 1 is 0.935 bits per heavy atom. The average Bonchev–Trinajstić information content (AvgIpc) is 3.87. The van der Waals surface area contributed by atoms with Crippen molar-refractivity contribution >= 4 is 17.7 Å². The quantitative estimate of drug-likeness (QED) is 0.0734. The molecule has 15 N–H and O–H groups in total. The third kappa shape index (κ3) is 8.05. The van der Waals surface area contributed by atoms with Crippen LogP contribution in [0.25, 0.3) is 0 Å². The lowest BCUT2D eigenvalue weighted by atomic mass is 9.27. The number of carbonyl (C=O) groups is 2. The lowest BCUT2D eigenvalue weighted by Crippen LogP contribution is -2.76. The Labute approximate surface area is 450 Å². The molecule has 2 saturated heterocycles. The molecule has 428 valence electrons. The first kappa shape index (κ1) is 55.4. The molecule has 9 aliphatic rings. The van der Waals surface area contributed by atoms with Crippen molar-refractivity contribution in [2.24, 2.45) is 91.5 Å². The summed E-state index contributed by atoms with van der Waals surface area (Å²) in [4.78, 5) is 44.7. The molecule has 5 heterocycles. The molecule has 7 fully saturated rings. The van der Waals surface area contributed by atoms with Crippen LogP contribution in [0.1, 0.15) is 128 Å². The Morgan fingerprint density at radius 2 is 1.70 bits per heavy atom. The van der Waals surface area contributed by atoms with Gasteiger partial charge in [-0.15, -0.1) is 0 Å². The summed E-state index contributed by atoms with van der Waals surface area (Å²) in [6.45, 7) is 8.00. The highest BCUT2D eigenvalue weighted by molar-refractivity contribution is 5.82. The second-order valence-corrected chi connectivity index (χ2v) is 26.8. The van der Waals surface area contributed by atoms with Gasteiger partial charge in [0.15, 0.2) is 6.29 Å². The Morgan fingerprint density at radius 3 is 2.38 bits per heavy atom. The van der Waals surface area contributed by atoms with Gasteiger partial charge in [0.25, 0.3) is 0 Å². The van der Waals surface area contributed by atoms with E-state index in [-0.39, 0.29) is 61.6 Å². The van der Waals surface area contributed by atoms with Crippen molar-refractivity contribution < 1.29 is 65.0 Å². The van der Waals surface area contributed by atoms with Gasteiger partial charge in [-0.1, -0.05) is 52.2 Å². The van der Waals surface area contributed by atoms with Crippen molar-refractivity contribution in [3.63, 3.8) is 0 Å². The van der Waals surface area contributed by atoms with Crippen LogP contribution in [0.15, 0.2) is 30.5 Å². The molecule has 20 heteroatoms. The lowest BCUT2D eigenvalue weighted by molar-refractivity contribution is -0.350. The number of allylic oxidation sites excluding steroid dienone is 2. The minimum atomic E-state index is -1.69. The summed E-state index contributed by atoms with van der Waals surface area (Å²) in [5.74, 6) is -4.50. The molecule has 0 spiro atoms. The molecule has 5 saturated carbocycles. The summed E-state index contributed by atoms with van der Waals surface area (Å²) < 4.78 is 12.8. The number of nitrogens with two attached hydrogens (primary N) is 1. The van der Waals surface area contributed by atoms with Crippen LogP contribution >= 0.6 is 0 Å². The average molecular weight is 1080 g/mol. The minimum Gasteiger partial charge on any atom is -0.481 e. The van der Waals surface area contributed by atoms with Crippen molar-refractivity contribution in [1.82, 2.24) is 25.3 Å². The van der Waals surface area contributed by atoms with Crippen molar-refractivity contribution in [2.45, 2.75) is 173 Å². The highest BCUT2D eigenvalue weighted by Crippen LogP contribution is 2.81. The molecular formula is C57H87N7O13. The van der Waals surface area contributed by atoms with Crippen molar-refractivity contribution in [2.75, 3.05) is 38.3 Å². The number of ether oxygens (including phenoxy) is 2. The monoisotopic (exact) mass is 1080 g/mol. The summed E-state index contributed by atoms with van der Waals surface area (Å²) in [6.07, 6.45) is 5.69. The zero-order chi connectivity index (χ0) is 54.8. The van der Waals surface area contributed by atoms with Crippen LogP contribution in [-0.2, 0) is 25.5 Å². The van der Waals surface area contributed by atoms with Gasteiger partial charge in [-0.3, -0.25) is 9.59 Å². The summed E-state index contributed by atoms with van der Waals surface area (Å²) in [7, 11) is 0. The fourth-order valence-electron chi connectivity index (χ4n) is 20.0. The van der Waals surface area contributed by atoms with Gasteiger partial charge >= 0.3 is 5.97 Å². The number of carboxylic acids is 1. The number of nitrogens with one attached hydrogen (secondary N) is 4. The van der Waals surface area contributed by atoms with E-state index < -0.39 is 130 Å². The maximum Gasteiger partial charge on any atom is 0.310 e. The number of H-pyrrole nitrogens is 2. The number of aliphatic carboxylic acids is 1. The molecule has 0 bridgehead atoms. The van der Waals surface area contributed by atoms with E-state index in [1.807, 2.05) is 6.92 Å². The number of carbonyl (C=O) groups excluding carboxylic acids is 1. The lowest BCUT2D eigenvalue weighted by Gasteiger charge is -2.77. The maximum atomic E-state index is 14.5. The van der Waals surface area contributed by atoms with Gasteiger partial charge < -0.3 is 81.8 Å². The molecule has 0 unspecified atom stereocenters. The van der Waals surface area contributed by atoms with E-state index in [2.05, 4.69) is 52.4 Å². The van der Waals surface area contributed by atoms with Crippen LogP contribution < -0.4 is 16.4 Å². The molecule has 2 aromatic rings. The molecule has 23 atom stereocenters. The van der Waals surface area contributed by atoms with E-state index in [0.29, 0.717) is 57.9 Å². The van der Waals surface area contributed by atoms with E-state index in [4.69, 9.17) is 20.2 Å². The van der Waals surface area contributed by atoms with Gasteiger partial charge in [0.1, 0.15) is 30.4 Å². The molecule has 6 aliphatic carbocycles. The number of aliphatic hydroxyl groups excluding tert-OH is 8. The zero-order valence-electron chi connectivity index (χ0n) is 45.3. The minimum absolute atomic E-state index is 0.00221. The number of aliphatic hydroxyl groups is 8. The third-order valence-corrected chi connectivity index (χ3v) is 23.8. The van der Waals surface area contributed by atoms with Gasteiger partial charge in [-0.25, -0.2) is 9.97 Å². The second-order valence-electron chi connectivity index (χ2n) is 26.8. The number of carboxylic acid groups (broad SMARTS) is 1. The highest BCUT2D eigenvalue weighted by Gasteiger charge is 2.78. The SMILES string of the molecule is C[C@]1(CO)CC[C@@]2(C(=O)O)[C@@H](C1)C1=CC[C@@H]3[C@]4(C5CCCC5)[C@H](CC[C@@]3(C)[C@]1(C)[C@H]1Cc3[nH]cnc3NC[C@@H]12)[C@](C)(CO)[C@H](O[C@@H]1OC[C@@H](O)[C@H](O)[C@H]1O)[C@H](O)[C@@H]4C[C@@H]1[C@@H]([C@H](CC[C@@H](N)O)c2cnc[nH]2)NC(=O)[C@@H]1CO. The van der Waals surface area contributed by atoms with E-state index in [1.54, 1.807) is 18.9 Å². The Balaban J connectivity index is 1.13. The first-order chi connectivity index (χ1) is 36.7.